The van der Waals surface area contributed by atoms with Crippen molar-refractivity contribution in [3.63, 3.8) is 0 Å². The predicted octanol–water partition coefficient (Wildman–Crippen LogP) is 1.19. The third-order valence-electron chi connectivity index (χ3n) is 2.16. The van der Waals surface area contributed by atoms with Gasteiger partial charge in [0, 0.05) is 17.3 Å². The number of nitrogens with zero attached hydrogens (tertiary/aromatic N) is 2. The topological polar surface area (TPSA) is 58.0 Å². The first-order valence-electron chi connectivity index (χ1n) is 4.73. The number of nitrogens with one attached hydrogen (secondary N) is 1. The van der Waals surface area contributed by atoms with Gasteiger partial charge in [-0.1, -0.05) is 0 Å². The lowest BCUT2D eigenvalue weighted by Crippen LogP contribution is -2.21. The van der Waals surface area contributed by atoms with Crippen LogP contribution in [-0.4, -0.2) is 27.7 Å². The van der Waals surface area contributed by atoms with Gasteiger partial charge in [-0.05, 0) is 27.7 Å². The molecule has 0 aliphatic rings. The number of anilines is 1. The maximum absolute atomic E-state index is 8.92. The number of aryl methyl sites for hydroxylation is 2. The minimum atomic E-state index is 0.0161. The molecule has 4 nitrogen and oxygen atoms in total. The molecule has 0 aliphatic carbocycles. The molecule has 2 N–H and O–H groups in total. The molecular weight excluding hydrogens is 178 g/mol. The second kappa shape index (κ2) is 4.37. The van der Waals surface area contributed by atoms with Crippen LogP contribution in [0.5, 0.6) is 0 Å². The summed E-state index contributed by atoms with van der Waals surface area (Å²) >= 11 is 0. The van der Waals surface area contributed by atoms with Crippen LogP contribution < -0.4 is 5.32 Å². The monoisotopic (exact) mass is 195 g/mol. The molecule has 0 radical (unpaired) electrons. The van der Waals surface area contributed by atoms with Crippen LogP contribution in [0.4, 0.5) is 5.82 Å². The van der Waals surface area contributed by atoms with Crippen molar-refractivity contribution < 1.29 is 5.11 Å². The van der Waals surface area contributed by atoms with Crippen LogP contribution in [0, 0.1) is 20.8 Å². The van der Waals surface area contributed by atoms with E-state index in [0.29, 0.717) is 0 Å². The Hall–Kier alpha value is -1.16. The Kier molecular flexibility index (Phi) is 3.41. The summed E-state index contributed by atoms with van der Waals surface area (Å²) in [5, 5.41) is 12.1. The summed E-state index contributed by atoms with van der Waals surface area (Å²) in [5.74, 6) is 1.57. The predicted molar refractivity (Wildman–Crippen MR) is 56.4 cm³/mol. The SMILES string of the molecule is Cc1nc(C)c(C)c(N[C@@H](C)CO)n1. The zero-order chi connectivity index (χ0) is 10.7. The van der Waals surface area contributed by atoms with Crippen molar-refractivity contribution in [2.24, 2.45) is 0 Å². The molecule has 1 aromatic rings. The minimum Gasteiger partial charge on any atom is -0.394 e. The van der Waals surface area contributed by atoms with Crippen LogP contribution in [-0.2, 0) is 0 Å². The van der Waals surface area contributed by atoms with Crippen molar-refractivity contribution >= 4 is 5.82 Å². The van der Waals surface area contributed by atoms with Gasteiger partial charge in [0.15, 0.2) is 0 Å². The van der Waals surface area contributed by atoms with E-state index >= 15 is 0 Å². The van der Waals surface area contributed by atoms with E-state index in [0.717, 1.165) is 22.9 Å². The van der Waals surface area contributed by atoms with Crippen molar-refractivity contribution in [1.29, 1.82) is 0 Å². The van der Waals surface area contributed by atoms with Crippen molar-refractivity contribution in [3.8, 4) is 0 Å². The number of aromatic nitrogens is 2. The van der Waals surface area contributed by atoms with E-state index in [1.807, 2.05) is 27.7 Å². The van der Waals surface area contributed by atoms with E-state index in [1.165, 1.54) is 0 Å². The van der Waals surface area contributed by atoms with Crippen molar-refractivity contribution in [2.45, 2.75) is 33.7 Å². The van der Waals surface area contributed by atoms with E-state index in [9.17, 15) is 0 Å². The Morgan fingerprint density at radius 3 is 2.50 bits per heavy atom. The molecule has 0 aliphatic heterocycles. The zero-order valence-electron chi connectivity index (χ0n) is 9.13. The molecule has 0 spiro atoms. The van der Waals surface area contributed by atoms with Gasteiger partial charge in [-0.2, -0.15) is 0 Å². The Balaban J connectivity index is 2.96. The van der Waals surface area contributed by atoms with Gasteiger partial charge in [0.2, 0.25) is 0 Å². The second-order valence-corrected chi connectivity index (χ2v) is 3.56. The highest BCUT2D eigenvalue weighted by Gasteiger charge is 2.07. The first-order valence-corrected chi connectivity index (χ1v) is 4.73. The lowest BCUT2D eigenvalue weighted by atomic mass is 10.2. The minimum absolute atomic E-state index is 0.0161. The second-order valence-electron chi connectivity index (χ2n) is 3.56. The van der Waals surface area contributed by atoms with Crippen LogP contribution in [0.3, 0.4) is 0 Å². The molecule has 0 saturated heterocycles. The van der Waals surface area contributed by atoms with Crippen LogP contribution in [0.15, 0.2) is 0 Å². The molecule has 1 rings (SSSR count). The van der Waals surface area contributed by atoms with Crippen LogP contribution >= 0.6 is 0 Å². The van der Waals surface area contributed by atoms with Gasteiger partial charge in [-0.3, -0.25) is 0 Å². The maximum atomic E-state index is 8.92. The van der Waals surface area contributed by atoms with Gasteiger partial charge in [0.25, 0.3) is 0 Å². The Morgan fingerprint density at radius 1 is 1.29 bits per heavy atom. The van der Waals surface area contributed by atoms with Crippen molar-refractivity contribution in [1.82, 2.24) is 9.97 Å². The maximum Gasteiger partial charge on any atom is 0.133 e. The Bertz CT molecular complexity index is 325. The molecule has 14 heavy (non-hydrogen) atoms. The molecule has 78 valence electrons. The molecule has 1 atom stereocenters. The number of rotatable bonds is 3. The summed E-state index contributed by atoms with van der Waals surface area (Å²) in [6.45, 7) is 7.80. The quantitative estimate of drug-likeness (QED) is 0.760. The molecule has 0 fully saturated rings. The average molecular weight is 195 g/mol. The zero-order valence-corrected chi connectivity index (χ0v) is 9.13. The number of hydrogen-bond acceptors (Lipinski definition) is 4. The number of aliphatic hydroxyl groups excluding tert-OH is 1. The fourth-order valence-corrected chi connectivity index (χ4v) is 1.19. The van der Waals surface area contributed by atoms with Gasteiger partial charge >= 0.3 is 0 Å². The van der Waals surface area contributed by atoms with Gasteiger partial charge in [0.1, 0.15) is 11.6 Å². The first kappa shape index (κ1) is 10.9. The third kappa shape index (κ3) is 2.42. The number of hydrogen-bond donors (Lipinski definition) is 2. The summed E-state index contributed by atoms with van der Waals surface area (Å²) in [6, 6.07) is 0.0161. The Morgan fingerprint density at radius 2 is 1.93 bits per heavy atom. The summed E-state index contributed by atoms with van der Waals surface area (Å²) in [6.07, 6.45) is 0. The summed E-state index contributed by atoms with van der Waals surface area (Å²) < 4.78 is 0. The van der Waals surface area contributed by atoms with Crippen LogP contribution in [0.25, 0.3) is 0 Å². The van der Waals surface area contributed by atoms with Crippen molar-refractivity contribution in [3.05, 3.63) is 17.1 Å². The molecule has 1 heterocycles. The van der Waals surface area contributed by atoms with E-state index in [-0.39, 0.29) is 12.6 Å². The van der Waals surface area contributed by atoms with Gasteiger partial charge < -0.3 is 10.4 Å². The highest BCUT2D eigenvalue weighted by Crippen LogP contribution is 2.15. The highest BCUT2D eigenvalue weighted by molar-refractivity contribution is 5.46. The van der Waals surface area contributed by atoms with Gasteiger partial charge in [0.05, 0.1) is 6.61 Å². The van der Waals surface area contributed by atoms with Gasteiger partial charge in [-0.15, -0.1) is 0 Å². The fraction of sp³-hybridized carbons (Fsp3) is 0.600. The molecule has 0 bridgehead atoms. The first-order chi connectivity index (χ1) is 6.54. The highest BCUT2D eigenvalue weighted by atomic mass is 16.3. The fourth-order valence-electron chi connectivity index (χ4n) is 1.19. The largest absolute Gasteiger partial charge is 0.394 e. The summed E-state index contributed by atoms with van der Waals surface area (Å²) in [5.41, 5.74) is 2.01. The molecule has 0 saturated carbocycles. The van der Waals surface area contributed by atoms with Crippen LogP contribution in [0.2, 0.25) is 0 Å². The standard InChI is InChI=1S/C10H17N3O/c1-6(5-14)11-10-7(2)8(3)12-9(4)13-10/h6,14H,5H2,1-4H3,(H,11,12,13)/t6-/m0/s1. The molecular formula is C10H17N3O. The molecule has 1 aromatic heterocycles. The summed E-state index contributed by atoms with van der Waals surface area (Å²) in [7, 11) is 0. The molecule has 0 amide bonds. The Labute approximate surface area is 84.4 Å². The third-order valence-corrected chi connectivity index (χ3v) is 2.16. The van der Waals surface area contributed by atoms with E-state index in [2.05, 4.69) is 15.3 Å². The normalized spacial score (nSPS) is 12.6. The molecule has 0 aromatic carbocycles. The lowest BCUT2D eigenvalue weighted by molar-refractivity contribution is 0.281. The average Bonchev–Trinajstić information content (AvgIpc) is 2.13. The summed E-state index contributed by atoms with van der Waals surface area (Å²) in [4.78, 5) is 8.54. The molecule has 4 heteroatoms. The number of aliphatic hydroxyl groups is 1. The van der Waals surface area contributed by atoms with E-state index in [4.69, 9.17) is 5.11 Å². The smallest absolute Gasteiger partial charge is 0.133 e. The van der Waals surface area contributed by atoms with E-state index in [1.54, 1.807) is 0 Å². The lowest BCUT2D eigenvalue weighted by Gasteiger charge is -2.14. The van der Waals surface area contributed by atoms with E-state index < -0.39 is 0 Å². The van der Waals surface area contributed by atoms with Crippen LogP contribution in [0.1, 0.15) is 24.0 Å². The van der Waals surface area contributed by atoms with Gasteiger partial charge in [-0.25, -0.2) is 9.97 Å². The molecule has 0 unspecified atom stereocenters. The van der Waals surface area contributed by atoms with Crippen molar-refractivity contribution in [2.75, 3.05) is 11.9 Å².